The molecule has 0 radical (unpaired) electrons. The average molecular weight is 357 g/mol. The van der Waals surface area contributed by atoms with Crippen molar-refractivity contribution >= 4 is 22.7 Å². The third kappa shape index (κ3) is 3.91. The lowest BCUT2D eigenvalue weighted by Crippen LogP contribution is -2.58. The Balaban J connectivity index is 1.65. The first-order valence-electron chi connectivity index (χ1n) is 8.74. The molecule has 1 atom stereocenters. The normalized spacial score (nSPS) is 18.1. The highest BCUT2D eigenvalue weighted by Crippen LogP contribution is 2.13. The molecule has 26 heavy (non-hydrogen) atoms. The Bertz CT molecular complexity index is 877. The van der Waals surface area contributed by atoms with Gasteiger partial charge in [-0.15, -0.1) is 0 Å². The van der Waals surface area contributed by atoms with Crippen molar-refractivity contribution in [2.45, 2.75) is 38.9 Å². The molecule has 2 aromatic rings. The molecule has 0 spiro atoms. The summed E-state index contributed by atoms with van der Waals surface area (Å²) in [6.07, 6.45) is 0.0713. The van der Waals surface area contributed by atoms with E-state index in [1.54, 1.807) is 24.3 Å². The first-order chi connectivity index (χ1) is 12.5. The average Bonchev–Trinajstić information content (AvgIpc) is 2.61. The fourth-order valence-electron chi connectivity index (χ4n) is 3.21. The van der Waals surface area contributed by atoms with Gasteiger partial charge in [0.05, 0.1) is 29.9 Å². The summed E-state index contributed by atoms with van der Waals surface area (Å²) < 4.78 is 0. The minimum atomic E-state index is -0.479. The number of H-pyrrole nitrogens is 1. The van der Waals surface area contributed by atoms with Crippen LogP contribution in [0.4, 0.5) is 0 Å². The molecule has 0 bridgehead atoms. The van der Waals surface area contributed by atoms with Crippen LogP contribution in [0.5, 0.6) is 0 Å². The molecule has 1 aliphatic heterocycles. The maximum Gasteiger partial charge on any atom is 0.258 e. The van der Waals surface area contributed by atoms with Crippen LogP contribution in [0, 0.1) is 0 Å². The number of hydrogen-bond donors (Lipinski definition) is 3. The van der Waals surface area contributed by atoms with Gasteiger partial charge >= 0.3 is 0 Å². The summed E-state index contributed by atoms with van der Waals surface area (Å²) in [6, 6.07) is 6.73. The molecule has 3 N–H and O–H groups in total. The number of aromatic amines is 1. The van der Waals surface area contributed by atoms with Crippen LogP contribution >= 0.6 is 0 Å². The standard InChI is InChI=1S/C18H23N5O3/c1-11(2)23-8-7-19-18(26)14(23)9-16(24)20-10-15-21-13-6-4-3-5-12(13)17(25)22-15/h3-6,11,14H,7-10H2,1-2H3,(H,19,26)(H,20,24)(H,21,22,25). The number of fused-ring (bicyclic) bond motifs is 1. The van der Waals surface area contributed by atoms with E-state index in [4.69, 9.17) is 0 Å². The van der Waals surface area contributed by atoms with E-state index < -0.39 is 6.04 Å². The van der Waals surface area contributed by atoms with E-state index in [2.05, 4.69) is 20.6 Å². The summed E-state index contributed by atoms with van der Waals surface area (Å²) in [5, 5.41) is 6.05. The van der Waals surface area contributed by atoms with Crippen LogP contribution < -0.4 is 16.2 Å². The fraction of sp³-hybridized carbons (Fsp3) is 0.444. The number of rotatable bonds is 5. The molecule has 8 heteroatoms. The second-order valence-corrected chi connectivity index (χ2v) is 6.65. The Hall–Kier alpha value is -2.74. The number of nitrogens with zero attached hydrogens (tertiary/aromatic N) is 2. The second kappa shape index (κ2) is 7.65. The molecule has 1 aromatic heterocycles. The van der Waals surface area contributed by atoms with Crippen molar-refractivity contribution < 1.29 is 9.59 Å². The van der Waals surface area contributed by atoms with E-state index in [9.17, 15) is 14.4 Å². The number of amides is 2. The monoisotopic (exact) mass is 357 g/mol. The van der Waals surface area contributed by atoms with Crippen LogP contribution in [-0.2, 0) is 16.1 Å². The number of piperazine rings is 1. The van der Waals surface area contributed by atoms with E-state index in [0.29, 0.717) is 23.3 Å². The first-order valence-corrected chi connectivity index (χ1v) is 8.74. The lowest BCUT2D eigenvalue weighted by molar-refractivity contribution is -0.134. The molecule has 1 fully saturated rings. The molecule has 1 aromatic carbocycles. The van der Waals surface area contributed by atoms with Gasteiger partial charge in [0.25, 0.3) is 5.56 Å². The van der Waals surface area contributed by atoms with Crippen LogP contribution in [0.2, 0.25) is 0 Å². The Morgan fingerprint density at radius 1 is 1.35 bits per heavy atom. The maximum atomic E-state index is 12.3. The van der Waals surface area contributed by atoms with Gasteiger partial charge in [-0.05, 0) is 26.0 Å². The summed E-state index contributed by atoms with van der Waals surface area (Å²) in [7, 11) is 0. The van der Waals surface area contributed by atoms with Gasteiger partial charge in [-0.1, -0.05) is 12.1 Å². The van der Waals surface area contributed by atoms with Crippen molar-refractivity contribution in [3.63, 3.8) is 0 Å². The number of carbonyl (C=O) groups excluding carboxylic acids is 2. The molecular weight excluding hydrogens is 334 g/mol. The van der Waals surface area contributed by atoms with Gasteiger partial charge in [-0.25, -0.2) is 4.98 Å². The molecular formula is C18H23N5O3. The molecule has 0 aliphatic carbocycles. The fourth-order valence-corrected chi connectivity index (χ4v) is 3.21. The number of hydrogen-bond acceptors (Lipinski definition) is 5. The number of para-hydroxylation sites is 1. The van der Waals surface area contributed by atoms with E-state index >= 15 is 0 Å². The summed E-state index contributed by atoms with van der Waals surface area (Å²) >= 11 is 0. The van der Waals surface area contributed by atoms with Gasteiger partial charge in [0.15, 0.2) is 0 Å². The second-order valence-electron chi connectivity index (χ2n) is 6.65. The molecule has 138 valence electrons. The van der Waals surface area contributed by atoms with Gasteiger partial charge in [-0.3, -0.25) is 19.3 Å². The summed E-state index contributed by atoms with van der Waals surface area (Å²) in [5.41, 5.74) is 0.343. The Morgan fingerprint density at radius 2 is 2.12 bits per heavy atom. The highest BCUT2D eigenvalue weighted by molar-refractivity contribution is 5.88. The van der Waals surface area contributed by atoms with Crippen molar-refractivity contribution in [3.8, 4) is 0 Å². The van der Waals surface area contributed by atoms with Gasteiger partial charge in [-0.2, -0.15) is 0 Å². The van der Waals surface area contributed by atoms with E-state index in [0.717, 1.165) is 6.54 Å². The minimum absolute atomic E-state index is 0.0713. The highest BCUT2D eigenvalue weighted by atomic mass is 16.2. The third-order valence-corrected chi connectivity index (χ3v) is 4.53. The van der Waals surface area contributed by atoms with Crippen LogP contribution in [-0.4, -0.2) is 51.9 Å². The quantitative estimate of drug-likeness (QED) is 0.705. The molecule has 1 saturated heterocycles. The largest absolute Gasteiger partial charge is 0.353 e. The molecule has 2 amide bonds. The predicted molar refractivity (Wildman–Crippen MR) is 97.5 cm³/mol. The zero-order valence-corrected chi connectivity index (χ0v) is 14.9. The summed E-state index contributed by atoms with van der Waals surface area (Å²) in [6.45, 7) is 5.44. The van der Waals surface area contributed by atoms with Gasteiger partial charge < -0.3 is 15.6 Å². The zero-order chi connectivity index (χ0) is 18.7. The zero-order valence-electron chi connectivity index (χ0n) is 14.9. The molecule has 1 unspecified atom stereocenters. The van der Waals surface area contributed by atoms with Crippen LogP contribution in [0.3, 0.4) is 0 Å². The number of aromatic nitrogens is 2. The first kappa shape index (κ1) is 18.1. The Morgan fingerprint density at radius 3 is 2.88 bits per heavy atom. The SMILES string of the molecule is CC(C)N1CCNC(=O)C1CC(=O)NCc1nc2ccccc2c(=O)[nH]1. The van der Waals surface area contributed by atoms with Crippen LogP contribution in [0.15, 0.2) is 29.1 Å². The topological polar surface area (TPSA) is 107 Å². The smallest absolute Gasteiger partial charge is 0.258 e. The summed E-state index contributed by atoms with van der Waals surface area (Å²) in [4.78, 5) is 45.5. The van der Waals surface area contributed by atoms with Crippen molar-refractivity contribution in [1.82, 2.24) is 25.5 Å². The van der Waals surface area contributed by atoms with E-state index in [1.807, 2.05) is 18.7 Å². The van der Waals surface area contributed by atoms with Gasteiger partial charge in [0.2, 0.25) is 11.8 Å². The van der Waals surface area contributed by atoms with Crippen molar-refractivity contribution in [1.29, 1.82) is 0 Å². The Kier molecular flexibility index (Phi) is 5.32. The van der Waals surface area contributed by atoms with E-state index in [1.165, 1.54) is 0 Å². The van der Waals surface area contributed by atoms with Crippen LogP contribution in [0.1, 0.15) is 26.1 Å². The minimum Gasteiger partial charge on any atom is -0.353 e. The molecule has 2 heterocycles. The highest BCUT2D eigenvalue weighted by Gasteiger charge is 2.32. The van der Waals surface area contributed by atoms with Crippen molar-refractivity contribution in [2.24, 2.45) is 0 Å². The summed E-state index contributed by atoms with van der Waals surface area (Å²) in [5.74, 6) is 0.00158. The number of nitrogens with one attached hydrogen (secondary N) is 3. The molecule has 1 aliphatic rings. The molecule has 0 saturated carbocycles. The molecule has 8 nitrogen and oxygen atoms in total. The maximum absolute atomic E-state index is 12.3. The molecule has 3 rings (SSSR count). The van der Waals surface area contributed by atoms with Gasteiger partial charge in [0, 0.05) is 19.1 Å². The Labute approximate surface area is 151 Å². The number of carbonyl (C=O) groups is 2. The van der Waals surface area contributed by atoms with Crippen molar-refractivity contribution in [2.75, 3.05) is 13.1 Å². The van der Waals surface area contributed by atoms with E-state index in [-0.39, 0.29) is 36.4 Å². The lowest BCUT2D eigenvalue weighted by Gasteiger charge is -2.37. The predicted octanol–water partition coefficient (Wildman–Crippen LogP) is 0.138. The third-order valence-electron chi connectivity index (χ3n) is 4.53. The lowest BCUT2D eigenvalue weighted by atomic mass is 10.1. The van der Waals surface area contributed by atoms with Gasteiger partial charge in [0.1, 0.15) is 5.82 Å². The van der Waals surface area contributed by atoms with Crippen molar-refractivity contribution in [3.05, 3.63) is 40.4 Å². The number of benzene rings is 1. The van der Waals surface area contributed by atoms with Crippen LogP contribution in [0.25, 0.3) is 10.9 Å².